The van der Waals surface area contributed by atoms with Crippen LogP contribution in [0, 0.1) is 12.8 Å². The zero-order valence-electron chi connectivity index (χ0n) is 25.4. The minimum atomic E-state index is -1.03. The van der Waals surface area contributed by atoms with Crippen molar-refractivity contribution in [2.24, 2.45) is 5.92 Å². The molecule has 0 N–H and O–H groups in total. The third kappa shape index (κ3) is 5.12. The molecule has 2 aliphatic carbocycles. The summed E-state index contributed by atoms with van der Waals surface area (Å²) in [6.07, 6.45) is 0. The number of esters is 1. The zero-order valence-corrected chi connectivity index (χ0v) is 25.4. The molecule has 0 fully saturated rings. The third-order valence-corrected chi connectivity index (χ3v) is 8.87. The van der Waals surface area contributed by atoms with E-state index in [0.29, 0.717) is 22.4 Å². The van der Waals surface area contributed by atoms with Crippen molar-refractivity contribution in [1.29, 1.82) is 0 Å². The fourth-order valence-corrected chi connectivity index (χ4v) is 6.13. The molecule has 228 valence electrons. The molecule has 2 atom stereocenters. The van der Waals surface area contributed by atoms with Crippen molar-refractivity contribution in [2.75, 3.05) is 0 Å². The van der Waals surface area contributed by atoms with Crippen LogP contribution in [0.25, 0.3) is 11.1 Å². The molecule has 0 amide bonds. The monoisotopic (exact) mass is 618 g/mol. The van der Waals surface area contributed by atoms with Gasteiger partial charge >= 0.3 is 5.97 Å². The van der Waals surface area contributed by atoms with Gasteiger partial charge in [-0.1, -0.05) is 66.2 Å². The van der Waals surface area contributed by atoms with E-state index in [9.17, 15) is 28.8 Å². The summed E-state index contributed by atoms with van der Waals surface area (Å²) in [5.41, 5.74) is 5.04. The van der Waals surface area contributed by atoms with Gasteiger partial charge in [-0.25, -0.2) is 4.79 Å². The second-order valence-electron chi connectivity index (χ2n) is 11.9. The summed E-state index contributed by atoms with van der Waals surface area (Å²) >= 11 is 0. The number of rotatable bonds is 6. The Bertz CT molecular complexity index is 2170. The average molecular weight is 619 g/mol. The lowest BCUT2D eigenvalue weighted by molar-refractivity contribution is 0.0732. The van der Waals surface area contributed by atoms with Gasteiger partial charge in [0.1, 0.15) is 11.7 Å². The largest absolute Gasteiger partial charge is 0.423 e. The topological polar surface area (TPSA) is 112 Å². The second kappa shape index (κ2) is 11.4. The number of Topliss-reactive ketones (excluding diaryl/α,β-unsaturated/α-hetero) is 4. The summed E-state index contributed by atoms with van der Waals surface area (Å²) in [4.78, 5) is 77.6. The first kappa shape index (κ1) is 29.6. The lowest BCUT2D eigenvalue weighted by atomic mass is 9.92. The van der Waals surface area contributed by atoms with Crippen molar-refractivity contribution >= 4 is 34.9 Å². The molecular formula is C40H26O7. The number of ether oxygens (including phenoxy) is 1. The highest BCUT2D eigenvalue weighted by Gasteiger charge is 2.40. The van der Waals surface area contributed by atoms with E-state index >= 15 is 0 Å². The van der Waals surface area contributed by atoms with Gasteiger partial charge in [-0.05, 0) is 79.1 Å². The smallest absolute Gasteiger partial charge is 0.343 e. The van der Waals surface area contributed by atoms with Crippen molar-refractivity contribution < 1.29 is 33.5 Å². The molecule has 0 saturated carbocycles. The lowest BCUT2D eigenvalue weighted by Crippen LogP contribution is -2.12. The first-order valence-electron chi connectivity index (χ1n) is 15.1. The number of benzene rings is 5. The highest BCUT2D eigenvalue weighted by atomic mass is 16.5. The van der Waals surface area contributed by atoms with Crippen molar-refractivity contribution in [1.82, 2.24) is 0 Å². The normalized spacial score (nSPS) is 16.6. The second-order valence-corrected chi connectivity index (χ2v) is 11.9. The van der Waals surface area contributed by atoms with Crippen LogP contribution < -0.4 is 4.74 Å². The maximum atomic E-state index is 13.5. The average Bonchev–Trinajstić information content (AvgIpc) is 3.48. The summed E-state index contributed by atoms with van der Waals surface area (Å²) in [6.45, 7) is 3.50. The quantitative estimate of drug-likeness (QED) is 0.0850. The molecule has 0 aliphatic heterocycles. The molecule has 5 aromatic rings. The molecule has 0 spiro atoms. The van der Waals surface area contributed by atoms with Crippen LogP contribution in [0.5, 0.6) is 5.75 Å². The van der Waals surface area contributed by atoms with Gasteiger partial charge in [0, 0.05) is 33.4 Å². The van der Waals surface area contributed by atoms with E-state index in [0.717, 1.165) is 16.7 Å². The van der Waals surface area contributed by atoms with E-state index in [1.54, 1.807) is 55.5 Å². The van der Waals surface area contributed by atoms with E-state index in [1.807, 2.05) is 31.2 Å². The van der Waals surface area contributed by atoms with Gasteiger partial charge in [0.25, 0.3) is 0 Å². The number of carbonyl (C=O) groups excluding carboxylic acids is 6. The predicted molar refractivity (Wildman–Crippen MR) is 174 cm³/mol. The first-order chi connectivity index (χ1) is 22.6. The Kier molecular flexibility index (Phi) is 7.17. The van der Waals surface area contributed by atoms with Crippen LogP contribution in [-0.2, 0) is 0 Å². The highest BCUT2D eigenvalue weighted by molar-refractivity contribution is 6.30. The van der Waals surface area contributed by atoms with Crippen LogP contribution in [-0.4, -0.2) is 34.9 Å². The summed E-state index contributed by atoms with van der Waals surface area (Å²) < 4.78 is 5.45. The molecule has 2 aliphatic rings. The fourth-order valence-electron chi connectivity index (χ4n) is 6.13. The van der Waals surface area contributed by atoms with E-state index in [-0.39, 0.29) is 45.2 Å². The van der Waals surface area contributed by atoms with Crippen molar-refractivity contribution in [2.45, 2.75) is 19.8 Å². The number of fused-ring (bicyclic) bond motifs is 2. The highest BCUT2D eigenvalue weighted by Crippen LogP contribution is 2.36. The Hall–Kier alpha value is -6.08. The van der Waals surface area contributed by atoms with E-state index in [2.05, 4.69) is 0 Å². The Morgan fingerprint density at radius 3 is 1.60 bits per heavy atom. The molecule has 0 heterocycles. The molecule has 7 heteroatoms. The molecule has 2 unspecified atom stereocenters. The Morgan fingerprint density at radius 2 is 1.00 bits per heavy atom. The molecule has 7 nitrogen and oxygen atoms in total. The van der Waals surface area contributed by atoms with Crippen LogP contribution in [0.2, 0.25) is 0 Å². The Balaban J connectivity index is 1.07. The molecule has 0 saturated heterocycles. The van der Waals surface area contributed by atoms with Crippen molar-refractivity contribution in [3.8, 4) is 16.9 Å². The lowest BCUT2D eigenvalue weighted by Gasteiger charge is -2.09. The Morgan fingerprint density at radius 1 is 0.532 bits per heavy atom. The summed E-state index contributed by atoms with van der Waals surface area (Å²) in [6, 6.07) is 30.1. The number of carbonyl (C=O) groups is 6. The number of aryl methyl sites for hydroxylation is 1. The zero-order chi connectivity index (χ0) is 33.0. The minimum Gasteiger partial charge on any atom is -0.423 e. The van der Waals surface area contributed by atoms with Gasteiger partial charge in [-0.2, -0.15) is 0 Å². The molecule has 5 aromatic carbocycles. The van der Waals surface area contributed by atoms with Crippen LogP contribution in [0.4, 0.5) is 0 Å². The fraction of sp³-hybridized carbons (Fsp3) is 0.100. The Labute approximate surface area is 269 Å². The van der Waals surface area contributed by atoms with E-state index in [4.69, 9.17) is 4.74 Å². The van der Waals surface area contributed by atoms with Crippen LogP contribution in [0.3, 0.4) is 0 Å². The molecule has 0 bridgehead atoms. The van der Waals surface area contributed by atoms with Crippen LogP contribution in [0.1, 0.15) is 91.7 Å². The summed E-state index contributed by atoms with van der Waals surface area (Å²) in [5, 5.41) is 0. The van der Waals surface area contributed by atoms with Gasteiger partial charge in [0.2, 0.25) is 0 Å². The molecule has 7 rings (SSSR count). The van der Waals surface area contributed by atoms with Crippen LogP contribution >= 0.6 is 0 Å². The maximum Gasteiger partial charge on any atom is 0.343 e. The predicted octanol–water partition coefficient (Wildman–Crippen LogP) is 7.29. The molecule has 0 aromatic heterocycles. The van der Waals surface area contributed by atoms with Gasteiger partial charge in [-0.15, -0.1) is 0 Å². The van der Waals surface area contributed by atoms with E-state index < -0.39 is 29.4 Å². The standard InChI is InChI=1S/C40H26O7/c1-21-3-15-29(16-4-21)47-40(46)26-11-7-24(8-12-26)23-5-9-25(10-6-23)34-38(44)31-18-14-28(20-33(31)39(34)45)37(43)27-13-17-30-32(19-27)36(42)22(2)35(30)41/h3-20,22,34H,1-2H3. The maximum absolute atomic E-state index is 13.5. The SMILES string of the molecule is Cc1ccc(OC(=O)c2ccc(-c3ccc(C4C(=O)c5ccc(C(=O)c6ccc7c(c6)C(=O)C(C)C7=O)cc5C4=O)cc3)cc2)cc1. The van der Waals surface area contributed by atoms with Gasteiger partial charge in [-0.3, -0.25) is 24.0 Å². The molecule has 0 radical (unpaired) electrons. The van der Waals surface area contributed by atoms with Gasteiger partial charge in [0.05, 0.1) is 11.5 Å². The van der Waals surface area contributed by atoms with E-state index in [1.165, 1.54) is 36.4 Å². The third-order valence-electron chi connectivity index (χ3n) is 8.87. The number of hydrogen-bond acceptors (Lipinski definition) is 7. The number of ketones is 5. The van der Waals surface area contributed by atoms with Crippen LogP contribution in [0.15, 0.2) is 109 Å². The summed E-state index contributed by atoms with van der Waals surface area (Å²) in [7, 11) is 0. The van der Waals surface area contributed by atoms with Gasteiger partial charge < -0.3 is 4.74 Å². The number of hydrogen-bond donors (Lipinski definition) is 0. The van der Waals surface area contributed by atoms with Gasteiger partial charge in [0.15, 0.2) is 28.9 Å². The minimum absolute atomic E-state index is 0.170. The van der Waals surface area contributed by atoms with Crippen molar-refractivity contribution in [3.63, 3.8) is 0 Å². The molecule has 47 heavy (non-hydrogen) atoms. The van der Waals surface area contributed by atoms with Crippen molar-refractivity contribution in [3.05, 3.63) is 159 Å². The summed E-state index contributed by atoms with van der Waals surface area (Å²) in [5.74, 6) is -3.55. The molecular weight excluding hydrogens is 592 g/mol. The first-order valence-corrected chi connectivity index (χ1v) is 15.1.